The average Bonchev–Trinajstić information content (AvgIpc) is 2.34. The zero-order valence-corrected chi connectivity index (χ0v) is 10.9. The Labute approximate surface area is 106 Å². The van der Waals surface area contributed by atoms with Crippen molar-refractivity contribution in [3.63, 3.8) is 0 Å². The maximum Gasteiger partial charge on any atom is 0.317 e. The molecule has 0 aromatic heterocycles. The highest BCUT2D eigenvalue weighted by atomic mass is 16.5. The number of aliphatic carboxylic acids is 1. The van der Waals surface area contributed by atoms with E-state index in [9.17, 15) is 14.4 Å². The van der Waals surface area contributed by atoms with Crippen molar-refractivity contribution in [1.29, 1.82) is 0 Å². The second kappa shape index (κ2) is 8.32. The highest BCUT2D eigenvalue weighted by Gasteiger charge is 2.19. The minimum atomic E-state index is -0.948. The first-order chi connectivity index (χ1) is 8.42. The summed E-state index contributed by atoms with van der Waals surface area (Å²) in [6.45, 7) is 4.00. The highest BCUT2D eigenvalue weighted by Crippen LogP contribution is 2.00. The summed E-state index contributed by atoms with van der Waals surface area (Å²) in [5.74, 6) is -1.98. The Morgan fingerprint density at radius 3 is 2.44 bits per heavy atom. The molecule has 0 spiro atoms. The number of urea groups is 1. The van der Waals surface area contributed by atoms with Crippen LogP contribution < -0.4 is 5.32 Å². The third kappa shape index (κ3) is 6.07. The van der Waals surface area contributed by atoms with Crippen LogP contribution in [0, 0.1) is 5.92 Å². The van der Waals surface area contributed by atoms with E-state index in [0.717, 1.165) is 0 Å². The number of hydrogen-bond acceptors (Lipinski definition) is 4. The molecule has 18 heavy (non-hydrogen) atoms. The topological polar surface area (TPSA) is 95.9 Å². The van der Waals surface area contributed by atoms with Gasteiger partial charge in [0.15, 0.2) is 0 Å². The van der Waals surface area contributed by atoms with Gasteiger partial charge in [-0.05, 0) is 6.92 Å². The van der Waals surface area contributed by atoms with Gasteiger partial charge in [-0.2, -0.15) is 0 Å². The maximum atomic E-state index is 11.7. The van der Waals surface area contributed by atoms with Crippen molar-refractivity contribution in [2.45, 2.75) is 20.3 Å². The summed E-state index contributed by atoms with van der Waals surface area (Å²) >= 11 is 0. The summed E-state index contributed by atoms with van der Waals surface area (Å²) in [4.78, 5) is 34.6. The van der Waals surface area contributed by atoms with Gasteiger partial charge in [0.1, 0.15) is 0 Å². The lowest BCUT2D eigenvalue weighted by Crippen LogP contribution is -2.43. The van der Waals surface area contributed by atoms with Crippen LogP contribution in [0.15, 0.2) is 0 Å². The van der Waals surface area contributed by atoms with Gasteiger partial charge in [0, 0.05) is 19.6 Å². The molecule has 104 valence electrons. The van der Waals surface area contributed by atoms with E-state index < -0.39 is 17.9 Å². The van der Waals surface area contributed by atoms with Crippen LogP contribution in [0.1, 0.15) is 20.3 Å². The van der Waals surface area contributed by atoms with Gasteiger partial charge in [-0.25, -0.2) is 4.79 Å². The number of hydrogen-bond donors (Lipinski definition) is 2. The van der Waals surface area contributed by atoms with E-state index in [1.54, 1.807) is 6.92 Å². The molecule has 7 nitrogen and oxygen atoms in total. The lowest BCUT2D eigenvalue weighted by molar-refractivity contribution is -0.141. The van der Waals surface area contributed by atoms with Crippen molar-refractivity contribution in [3.8, 4) is 0 Å². The molecule has 0 fully saturated rings. The average molecular weight is 260 g/mol. The molecule has 0 bridgehead atoms. The molecular weight excluding hydrogens is 240 g/mol. The fourth-order valence-corrected chi connectivity index (χ4v) is 1.25. The number of amides is 2. The maximum absolute atomic E-state index is 11.7. The van der Waals surface area contributed by atoms with Gasteiger partial charge < -0.3 is 20.1 Å². The second-order valence-electron chi connectivity index (χ2n) is 3.84. The smallest absolute Gasteiger partial charge is 0.317 e. The van der Waals surface area contributed by atoms with Crippen molar-refractivity contribution >= 4 is 18.0 Å². The molecule has 2 amide bonds. The Hall–Kier alpha value is -1.79. The summed E-state index contributed by atoms with van der Waals surface area (Å²) in [6, 6.07) is -0.380. The predicted octanol–water partition coefficient (Wildman–Crippen LogP) is 0.302. The van der Waals surface area contributed by atoms with E-state index in [0.29, 0.717) is 6.54 Å². The standard InChI is InChI=1S/C11H20N2O5/c1-4-13(7-8(2)10(15)16)11(17)12-6-5-9(14)18-3/h8H,4-7H2,1-3H3,(H,12,17)(H,15,16). The number of rotatable bonds is 7. The van der Waals surface area contributed by atoms with E-state index in [-0.39, 0.29) is 25.5 Å². The van der Waals surface area contributed by atoms with Crippen molar-refractivity contribution in [3.05, 3.63) is 0 Å². The van der Waals surface area contributed by atoms with Crippen molar-refractivity contribution < 1.29 is 24.2 Å². The monoisotopic (exact) mass is 260 g/mol. The molecule has 0 radical (unpaired) electrons. The molecule has 0 aliphatic heterocycles. The first-order valence-corrected chi connectivity index (χ1v) is 5.74. The van der Waals surface area contributed by atoms with E-state index in [1.165, 1.54) is 18.9 Å². The SMILES string of the molecule is CCN(CC(C)C(=O)O)C(=O)NCCC(=O)OC. The summed E-state index contributed by atoms with van der Waals surface area (Å²) in [6.07, 6.45) is 0.0915. The number of nitrogens with zero attached hydrogens (tertiary/aromatic N) is 1. The normalized spacial score (nSPS) is 11.5. The number of carbonyl (C=O) groups excluding carboxylic acids is 2. The first kappa shape index (κ1) is 16.2. The van der Waals surface area contributed by atoms with Crippen LogP contribution in [-0.2, 0) is 14.3 Å². The van der Waals surface area contributed by atoms with Crippen molar-refractivity contribution in [2.75, 3.05) is 26.7 Å². The van der Waals surface area contributed by atoms with Crippen LogP contribution >= 0.6 is 0 Å². The lowest BCUT2D eigenvalue weighted by Gasteiger charge is -2.23. The fourth-order valence-electron chi connectivity index (χ4n) is 1.25. The molecule has 1 unspecified atom stereocenters. The molecule has 0 heterocycles. The number of methoxy groups -OCH3 is 1. The van der Waals surface area contributed by atoms with Gasteiger partial charge in [-0.15, -0.1) is 0 Å². The number of carboxylic acid groups (broad SMARTS) is 1. The van der Waals surface area contributed by atoms with E-state index in [4.69, 9.17) is 5.11 Å². The Balaban J connectivity index is 4.11. The van der Waals surface area contributed by atoms with Crippen LogP contribution in [0.2, 0.25) is 0 Å². The van der Waals surface area contributed by atoms with Gasteiger partial charge in [-0.1, -0.05) is 6.92 Å². The minimum absolute atomic E-state index is 0.0915. The van der Waals surface area contributed by atoms with Gasteiger partial charge >= 0.3 is 18.0 Å². The third-order valence-corrected chi connectivity index (χ3v) is 2.42. The molecule has 7 heteroatoms. The Bertz CT molecular complexity index is 306. The molecule has 0 rings (SSSR count). The van der Waals surface area contributed by atoms with Crippen LogP contribution in [0.4, 0.5) is 4.79 Å². The number of carboxylic acids is 1. The van der Waals surface area contributed by atoms with Gasteiger partial charge in [0.2, 0.25) is 0 Å². The lowest BCUT2D eigenvalue weighted by atomic mass is 10.2. The minimum Gasteiger partial charge on any atom is -0.481 e. The Kier molecular flexibility index (Phi) is 7.50. The molecule has 0 aromatic rings. The van der Waals surface area contributed by atoms with E-state index in [1.807, 2.05) is 0 Å². The van der Waals surface area contributed by atoms with Crippen LogP contribution in [0.3, 0.4) is 0 Å². The zero-order chi connectivity index (χ0) is 14.1. The summed E-state index contributed by atoms with van der Waals surface area (Å²) in [5.41, 5.74) is 0. The highest BCUT2D eigenvalue weighted by molar-refractivity contribution is 5.76. The third-order valence-electron chi connectivity index (χ3n) is 2.42. The first-order valence-electron chi connectivity index (χ1n) is 5.74. The number of nitrogens with one attached hydrogen (secondary N) is 1. The van der Waals surface area contributed by atoms with E-state index in [2.05, 4.69) is 10.1 Å². The molecule has 0 aliphatic carbocycles. The van der Waals surface area contributed by atoms with Crippen LogP contribution in [0.5, 0.6) is 0 Å². The molecule has 0 saturated heterocycles. The molecule has 0 aliphatic rings. The van der Waals surface area contributed by atoms with Crippen molar-refractivity contribution in [1.82, 2.24) is 10.2 Å². The fraction of sp³-hybridized carbons (Fsp3) is 0.727. The van der Waals surface area contributed by atoms with Crippen LogP contribution in [-0.4, -0.2) is 54.7 Å². The molecule has 0 aromatic carbocycles. The summed E-state index contributed by atoms with van der Waals surface area (Å²) in [7, 11) is 1.27. The summed E-state index contributed by atoms with van der Waals surface area (Å²) in [5, 5.41) is 11.3. The zero-order valence-electron chi connectivity index (χ0n) is 10.9. The van der Waals surface area contributed by atoms with Crippen molar-refractivity contribution in [2.24, 2.45) is 5.92 Å². The molecule has 0 saturated carbocycles. The van der Waals surface area contributed by atoms with Gasteiger partial charge in [0.05, 0.1) is 19.4 Å². The van der Waals surface area contributed by atoms with Crippen LogP contribution in [0.25, 0.3) is 0 Å². The number of ether oxygens (including phenoxy) is 1. The number of esters is 1. The van der Waals surface area contributed by atoms with Gasteiger partial charge in [-0.3, -0.25) is 9.59 Å². The second-order valence-corrected chi connectivity index (χ2v) is 3.84. The van der Waals surface area contributed by atoms with E-state index >= 15 is 0 Å². The Morgan fingerprint density at radius 2 is 2.00 bits per heavy atom. The predicted molar refractivity (Wildman–Crippen MR) is 64.1 cm³/mol. The van der Waals surface area contributed by atoms with Gasteiger partial charge in [0.25, 0.3) is 0 Å². The summed E-state index contributed by atoms with van der Waals surface area (Å²) < 4.78 is 4.43. The number of carbonyl (C=O) groups is 3. The Morgan fingerprint density at radius 1 is 1.39 bits per heavy atom. The molecule has 1 atom stereocenters. The quantitative estimate of drug-likeness (QED) is 0.642. The molecular formula is C11H20N2O5. The molecule has 2 N–H and O–H groups in total. The largest absolute Gasteiger partial charge is 0.481 e.